The first kappa shape index (κ1) is 21.0. The van der Waals surface area contributed by atoms with Gasteiger partial charge < -0.3 is 9.80 Å². The molecule has 0 saturated heterocycles. The second kappa shape index (κ2) is 10.2. The van der Waals surface area contributed by atoms with Crippen molar-refractivity contribution in [1.29, 1.82) is 0 Å². The summed E-state index contributed by atoms with van der Waals surface area (Å²) in [5, 5.41) is 0. The third kappa shape index (κ3) is 5.89. The maximum absolute atomic E-state index is 12.8. The predicted octanol–water partition coefficient (Wildman–Crippen LogP) is 3.55. The monoisotopic (exact) mass is 393 g/mol. The molecular weight excluding hydrogens is 362 g/mol. The van der Waals surface area contributed by atoms with Gasteiger partial charge in [0.2, 0.25) is 11.8 Å². The highest BCUT2D eigenvalue weighted by molar-refractivity contribution is 5.81. The molecule has 0 atom stereocenters. The van der Waals surface area contributed by atoms with Crippen molar-refractivity contribution in [2.45, 2.75) is 38.6 Å². The number of pyridine rings is 1. The number of hydrogen-bond acceptors (Lipinski definition) is 3. The molecule has 1 heterocycles. The first-order valence-corrected chi connectivity index (χ1v) is 10.5. The lowest BCUT2D eigenvalue weighted by atomic mass is 9.80. The van der Waals surface area contributed by atoms with E-state index < -0.39 is 0 Å². The number of nitrogens with zero attached hydrogens (tertiary/aromatic N) is 3. The minimum Gasteiger partial charge on any atom is -0.345 e. The fourth-order valence-electron chi connectivity index (χ4n) is 4.10. The molecule has 2 amide bonds. The Bertz CT molecular complexity index is 786. The van der Waals surface area contributed by atoms with Crippen LogP contribution < -0.4 is 0 Å². The van der Waals surface area contributed by atoms with Crippen molar-refractivity contribution in [3.8, 4) is 0 Å². The average Bonchev–Trinajstić information content (AvgIpc) is 2.78. The number of amides is 2. The largest absolute Gasteiger partial charge is 0.345 e. The van der Waals surface area contributed by atoms with Crippen LogP contribution in [-0.2, 0) is 22.6 Å². The van der Waals surface area contributed by atoms with Gasteiger partial charge in [-0.25, -0.2) is 0 Å². The number of carbonyl (C=O) groups is 2. The summed E-state index contributed by atoms with van der Waals surface area (Å²) in [6.45, 7) is 1.35. The van der Waals surface area contributed by atoms with Gasteiger partial charge in [0.15, 0.2) is 0 Å². The molecule has 1 saturated carbocycles. The van der Waals surface area contributed by atoms with Gasteiger partial charge in [0.05, 0.1) is 0 Å². The fourth-order valence-corrected chi connectivity index (χ4v) is 4.10. The first-order chi connectivity index (χ1) is 14.0. The van der Waals surface area contributed by atoms with E-state index in [0.717, 1.165) is 37.7 Å². The minimum absolute atomic E-state index is 0.0369. The van der Waals surface area contributed by atoms with Gasteiger partial charge in [0.1, 0.15) is 0 Å². The van der Waals surface area contributed by atoms with Gasteiger partial charge >= 0.3 is 0 Å². The number of carbonyl (C=O) groups excluding carboxylic acids is 2. The summed E-state index contributed by atoms with van der Waals surface area (Å²) in [5.74, 6) is 0.490. The Morgan fingerprint density at radius 3 is 1.97 bits per heavy atom. The van der Waals surface area contributed by atoms with Crippen LogP contribution in [0.25, 0.3) is 0 Å². The molecule has 1 aliphatic carbocycles. The smallest absolute Gasteiger partial charge is 0.225 e. The number of rotatable bonds is 7. The molecule has 154 valence electrons. The number of aromatic nitrogens is 1. The van der Waals surface area contributed by atoms with Crippen molar-refractivity contribution in [1.82, 2.24) is 14.8 Å². The van der Waals surface area contributed by atoms with E-state index in [0.29, 0.717) is 13.1 Å². The van der Waals surface area contributed by atoms with Crippen LogP contribution in [0, 0.1) is 11.8 Å². The van der Waals surface area contributed by atoms with E-state index in [9.17, 15) is 9.59 Å². The van der Waals surface area contributed by atoms with Gasteiger partial charge in [0, 0.05) is 51.4 Å². The van der Waals surface area contributed by atoms with Crippen LogP contribution in [-0.4, -0.2) is 47.2 Å². The van der Waals surface area contributed by atoms with Crippen LogP contribution in [0.1, 0.15) is 36.8 Å². The van der Waals surface area contributed by atoms with Crippen molar-refractivity contribution in [2.75, 3.05) is 20.6 Å². The van der Waals surface area contributed by atoms with E-state index in [1.165, 1.54) is 5.56 Å². The fraction of sp³-hybridized carbons (Fsp3) is 0.458. The summed E-state index contributed by atoms with van der Waals surface area (Å²) in [6, 6.07) is 14.0. The standard InChI is InChI=1S/C24H31N3O2/c1-26(17-14-19-12-15-25-16-13-19)23(28)21-8-10-22(11-9-21)24(29)27(2)18-20-6-4-3-5-7-20/h3-7,12-13,15-16,21-22H,8-11,14,17-18H2,1-2H3. The molecule has 2 aromatic rings. The Hall–Kier alpha value is -2.69. The molecule has 0 bridgehead atoms. The van der Waals surface area contributed by atoms with Crippen LogP contribution in [0.15, 0.2) is 54.9 Å². The van der Waals surface area contributed by atoms with E-state index in [-0.39, 0.29) is 23.7 Å². The van der Waals surface area contributed by atoms with Crippen molar-refractivity contribution >= 4 is 11.8 Å². The minimum atomic E-state index is 0.0369. The molecule has 1 aromatic carbocycles. The van der Waals surface area contributed by atoms with Gasteiger partial charge in [-0.1, -0.05) is 30.3 Å². The predicted molar refractivity (Wildman–Crippen MR) is 114 cm³/mol. The summed E-state index contributed by atoms with van der Waals surface area (Å²) >= 11 is 0. The van der Waals surface area contributed by atoms with Crippen LogP contribution in [0.2, 0.25) is 0 Å². The maximum Gasteiger partial charge on any atom is 0.225 e. The second-order valence-electron chi connectivity index (χ2n) is 8.09. The van der Waals surface area contributed by atoms with Crippen molar-refractivity contribution in [2.24, 2.45) is 11.8 Å². The van der Waals surface area contributed by atoms with Gasteiger partial charge in [-0.05, 0) is 55.4 Å². The lowest BCUT2D eigenvalue weighted by molar-refractivity contribution is -0.140. The molecular formula is C24H31N3O2. The molecule has 3 rings (SSSR count). The molecule has 0 aliphatic heterocycles. The summed E-state index contributed by atoms with van der Waals surface area (Å²) in [7, 11) is 3.76. The number of benzene rings is 1. The molecule has 1 fully saturated rings. The van der Waals surface area contributed by atoms with E-state index in [2.05, 4.69) is 4.98 Å². The maximum atomic E-state index is 12.8. The molecule has 0 radical (unpaired) electrons. The molecule has 1 aromatic heterocycles. The molecule has 0 spiro atoms. The zero-order valence-electron chi connectivity index (χ0n) is 17.5. The van der Waals surface area contributed by atoms with Crippen LogP contribution in [0.4, 0.5) is 0 Å². The van der Waals surface area contributed by atoms with Crippen LogP contribution >= 0.6 is 0 Å². The van der Waals surface area contributed by atoms with Crippen LogP contribution in [0.3, 0.4) is 0 Å². The molecule has 5 heteroatoms. The van der Waals surface area contributed by atoms with Gasteiger partial charge in [-0.3, -0.25) is 14.6 Å². The van der Waals surface area contributed by atoms with E-state index >= 15 is 0 Å². The Labute approximate surface area is 173 Å². The quantitative estimate of drug-likeness (QED) is 0.723. The highest BCUT2D eigenvalue weighted by atomic mass is 16.2. The molecule has 1 aliphatic rings. The van der Waals surface area contributed by atoms with Gasteiger partial charge in [-0.2, -0.15) is 0 Å². The first-order valence-electron chi connectivity index (χ1n) is 10.5. The third-order valence-electron chi connectivity index (χ3n) is 5.93. The Balaban J connectivity index is 1.44. The van der Waals surface area contributed by atoms with E-state index in [4.69, 9.17) is 0 Å². The Morgan fingerprint density at radius 2 is 1.38 bits per heavy atom. The normalized spacial score (nSPS) is 18.8. The van der Waals surface area contributed by atoms with E-state index in [1.54, 1.807) is 12.4 Å². The van der Waals surface area contributed by atoms with Crippen molar-refractivity contribution < 1.29 is 9.59 Å². The van der Waals surface area contributed by atoms with Crippen molar-refractivity contribution in [3.63, 3.8) is 0 Å². The summed E-state index contributed by atoms with van der Waals surface area (Å²) in [4.78, 5) is 33.3. The lowest BCUT2D eigenvalue weighted by Crippen LogP contribution is -2.39. The zero-order valence-corrected chi connectivity index (χ0v) is 17.5. The highest BCUT2D eigenvalue weighted by Crippen LogP contribution is 2.31. The molecule has 0 unspecified atom stereocenters. The topological polar surface area (TPSA) is 53.5 Å². The average molecular weight is 394 g/mol. The zero-order chi connectivity index (χ0) is 20.6. The summed E-state index contributed by atoms with van der Waals surface area (Å²) < 4.78 is 0. The lowest BCUT2D eigenvalue weighted by Gasteiger charge is -2.32. The number of hydrogen-bond donors (Lipinski definition) is 0. The molecule has 5 nitrogen and oxygen atoms in total. The van der Waals surface area contributed by atoms with Crippen molar-refractivity contribution in [3.05, 3.63) is 66.0 Å². The summed E-state index contributed by atoms with van der Waals surface area (Å²) in [5.41, 5.74) is 2.33. The third-order valence-corrected chi connectivity index (χ3v) is 5.93. The SMILES string of the molecule is CN(CCc1ccncc1)C(=O)C1CCC(C(=O)N(C)Cc2ccccc2)CC1. The Kier molecular flexibility index (Phi) is 7.39. The van der Waals surface area contributed by atoms with Gasteiger partial charge in [-0.15, -0.1) is 0 Å². The van der Waals surface area contributed by atoms with E-state index in [1.807, 2.05) is 66.4 Å². The highest BCUT2D eigenvalue weighted by Gasteiger charge is 2.32. The van der Waals surface area contributed by atoms with Gasteiger partial charge in [0.25, 0.3) is 0 Å². The number of likely N-dealkylation sites (N-methyl/N-ethyl adjacent to an activating group) is 1. The second-order valence-corrected chi connectivity index (χ2v) is 8.09. The summed E-state index contributed by atoms with van der Waals surface area (Å²) in [6.07, 6.45) is 7.60. The van der Waals surface area contributed by atoms with Crippen LogP contribution in [0.5, 0.6) is 0 Å². The molecule has 0 N–H and O–H groups in total. The molecule has 29 heavy (non-hydrogen) atoms. The Morgan fingerprint density at radius 1 is 0.828 bits per heavy atom.